The van der Waals surface area contributed by atoms with Crippen molar-refractivity contribution in [1.82, 2.24) is 9.55 Å². The van der Waals surface area contributed by atoms with Gasteiger partial charge in [0.15, 0.2) is 5.76 Å². The molecule has 2 aromatic heterocycles. The lowest BCUT2D eigenvalue weighted by Crippen LogP contribution is -2.27. The molecule has 0 aliphatic rings. The summed E-state index contributed by atoms with van der Waals surface area (Å²) in [5.41, 5.74) is 2.03. The van der Waals surface area contributed by atoms with E-state index in [4.69, 9.17) is 9.15 Å². The van der Waals surface area contributed by atoms with Gasteiger partial charge in [-0.25, -0.2) is 27.1 Å². The number of hydrogen-bond acceptors (Lipinski definition) is 7. The molecule has 0 atom stereocenters. The highest BCUT2D eigenvalue weighted by Gasteiger charge is 2.25. The molecule has 0 saturated carbocycles. The Bertz CT molecular complexity index is 1750. The summed E-state index contributed by atoms with van der Waals surface area (Å²) in [4.78, 5) is 17.5. The number of carbonyl (C=O) groups is 1. The normalized spacial score (nSPS) is 11.9. The van der Waals surface area contributed by atoms with Gasteiger partial charge in [-0.05, 0) is 63.2 Å². The van der Waals surface area contributed by atoms with Gasteiger partial charge in [0.1, 0.15) is 5.60 Å². The van der Waals surface area contributed by atoms with Crippen LogP contribution in [0.5, 0.6) is 0 Å². The number of sulfonamides is 1. The summed E-state index contributed by atoms with van der Waals surface area (Å²) in [5, 5.41) is 3.93. The molecule has 5 rings (SSSR count). The van der Waals surface area contributed by atoms with Crippen LogP contribution in [0.3, 0.4) is 0 Å². The number of hydrogen-bond donors (Lipinski definition) is 1. The van der Waals surface area contributed by atoms with Crippen LogP contribution < -0.4 is 9.62 Å². The smallest absolute Gasteiger partial charge is 0.419 e. The molecule has 0 amide bonds. The van der Waals surface area contributed by atoms with E-state index in [1.807, 2.05) is 57.2 Å². The van der Waals surface area contributed by atoms with Gasteiger partial charge in [-0.1, -0.05) is 42.5 Å². The van der Waals surface area contributed by atoms with Crippen molar-refractivity contribution in [3.8, 4) is 11.5 Å². The van der Waals surface area contributed by atoms with Crippen molar-refractivity contribution in [3.05, 3.63) is 91.1 Å². The van der Waals surface area contributed by atoms with Crippen molar-refractivity contribution in [2.75, 3.05) is 15.9 Å². The van der Waals surface area contributed by atoms with Gasteiger partial charge in [-0.15, -0.1) is 0 Å². The molecule has 10 heteroatoms. The van der Waals surface area contributed by atoms with Crippen molar-refractivity contribution in [2.24, 2.45) is 0 Å². The van der Waals surface area contributed by atoms with Crippen molar-refractivity contribution >= 4 is 50.1 Å². The zero-order valence-electron chi connectivity index (χ0n) is 22.0. The highest BCUT2D eigenvalue weighted by molar-refractivity contribution is 7.92. The van der Waals surface area contributed by atoms with Gasteiger partial charge in [0.05, 0.1) is 35.0 Å². The van der Waals surface area contributed by atoms with Crippen LogP contribution in [0.25, 0.3) is 22.4 Å². The van der Waals surface area contributed by atoms with E-state index in [2.05, 4.69) is 10.3 Å². The zero-order chi connectivity index (χ0) is 27.8. The largest absolute Gasteiger partial charge is 0.443 e. The number of ether oxygens (including phenoxy) is 1. The predicted molar refractivity (Wildman–Crippen MR) is 152 cm³/mol. The number of nitrogens with zero attached hydrogens (tertiary/aromatic N) is 3. The molecule has 0 bridgehead atoms. The van der Waals surface area contributed by atoms with Crippen LogP contribution in [0.2, 0.25) is 0 Å². The molecule has 0 fully saturated rings. The van der Waals surface area contributed by atoms with Crippen LogP contribution in [0.4, 0.5) is 27.9 Å². The van der Waals surface area contributed by atoms with Gasteiger partial charge < -0.3 is 14.5 Å². The average molecular weight is 545 g/mol. The van der Waals surface area contributed by atoms with Crippen molar-refractivity contribution in [2.45, 2.75) is 26.4 Å². The van der Waals surface area contributed by atoms with Gasteiger partial charge in [-0.2, -0.15) is 0 Å². The summed E-state index contributed by atoms with van der Waals surface area (Å²) in [6.07, 6.45) is 2.15. The molecule has 0 aliphatic heterocycles. The SMILES string of the molecule is CC(C)(C)OC(=O)n1c(-c2cnc(Nc3cccc(N(c4ccccc4)S(C)(=O)=O)c3)o2)cc2ccccc21. The Kier molecular flexibility index (Phi) is 6.65. The predicted octanol–water partition coefficient (Wildman–Crippen LogP) is 6.92. The van der Waals surface area contributed by atoms with Crippen molar-refractivity contribution in [1.29, 1.82) is 0 Å². The Morgan fingerprint density at radius 1 is 0.949 bits per heavy atom. The van der Waals surface area contributed by atoms with E-state index in [-0.39, 0.29) is 6.01 Å². The van der Waals surface area contributed by atoms with Gasteiger partial charge >= 0.3 is 6.09 Å². The molecule has 0 radical (unpaired) electrons. The second kappa shape index (κ2) is 9.95. The first-order valence-corrected chi connectivity index (χ1v) is 14.1. The maximum absolute atomic E-state index is 13.1. The number of carbonyl (C=O) groups excluding carboxylic acids is 1. The number of rotatable bonds is 6. The van der Waals surface area contributed by atoms with E-state index in [9.17, 15) is 13.2 Å². The minimum absolute atomic E-state index is 0.175. The molecule has 0 unspecified atom stereocenters. The lowest BCUT2D eigenvalue weighted by Gasteiger charge is -2.23. The minimum Gasteiger partial charge on any atom is -0.443 e. The first-order valence-electron chi connectivity index (χ1n) is 12.2. The van der Waals surface area contributed by atoms with Crippen LogP contribution >= 0.6 is 0 Å². The number of anilines is 4. The molecular weight excluding hydrogens is 516 g/mol. The van der Waals surface area contributed by atoms with E-state index in [1.165, 1.54) is 15.1 Å². The number of para-hydroxylation sites is 2. The van der Waals surface area contributed by atoms with Crippen LogP contribution in [-0.4, -0.2) is 35.9 Å². The molecule has 2 heterocycles. The summed E-state index contributed by atoms with van der Waals surface area (Å²) >= 11 is 0. The second-order valence-electron chi connectivity index (χ2n) is 9.97. The zero-order valence-corrected chi connectivity index (χ0v) is 22.8. The van der Waals surface area contributed by atoms with Gasteiger partial charge in [0.2, 0.25) is 10.0 Å². The number of oxazole rings is 1. The molecule has 0 aliphatic carbocycles. The van der Waals surface area contributed by atoms with E-state index in [1.54, 1.807) is 48.5 Å². The molecule has 9 nitrogen and oxygen atoms in total. The van der Waals surface area contributed by atoms with Crippen LogP contribution in [0.1, 0.15) is 20.8 Å². The molecule has 0 saturated heterocycles. The minimum atomic E-state index is -3.61. The maximum atomic E-state index is 13.1. The fraction of sp³-hybridized carbons (Fsp3) is 0.172. The lowest BCUT2D eigenvalue weighted by atomic mass is 10.2. The van der Waals surface area contributed by atoms with Crippen LogP contribution in [0.15, 0.2) is 95.5 Å². The Hall–Kier alpha value is -4.57. The summed E-state index contributed by atoms with van der Waals surface area (Å²) < 4.78 is 39.7. The Morgan fingerprint density at radius 2 is 1.64 bits per heavy atom. The Balaban J connectivity index is 1.47. The van der Waals surface area contributed by atoms with Crippen LogP contribution in [0, 0.1) is 0 Å². The monoisotopic (exact) mass is 544 g/mol. The molecule has 1 N–H and O–H groups in total. The molecule has 0 spiro atoms. The number of fused-ring (bicyclic) bond motifs is 1. The molecular formula is C29H28N4O5S. The number of aromatic nitrogens is 2. The third kappa shape index (κ3) is 5.65. The summed E-state index contributed by atoms with van der Waals surface area (Å²) in [7, 11) is -3.61. The fourth-order valence-electron chi connectivity index (χ4n) is 4.22. The van der Waals surface area contributed by atoms with Gasteiger partial charge in [0, 0.05) is 11.1 Å². The van der Waals surface area contributed by atoms with E-state index in [0.717, 1.165) is 11.6 Å². The highest BCUT2D eigenvalue weighted by atomic mass is 32.2. The number of nitrogens with one attached hydrogen (secondary N) is 1. The summed E-state index contributed by atoms with van der Waals surface area (Å²) in [5.74, 6) is 0.359. The second-order valence-corrected chi connectivity index (χ2v) is 11.8. The number of benzene rings is 3. The lowest BCUT2D eigenvalue weighted by molar-refractivity contribution is 0.0546. The van der Waals surface area contributed by atoms with Gasteiger partial charge in [-0.3, -0.25) is 0 Å². The third-order valence-electron chi connectivity index (χ3n) is 5.70. The molecule has 200 valence electrons. The van der Waals surface area contributed by atoms with Crippen LogP contribution in [-0.2, 0) is 14.8 Å². The van der Waals surface area contributed by atoms with Crippen molar-refractivity contribution in [3.63, 3.8) is 0 Å². The topological polar surface area (TPSA) is 107 Å². The summed E-state index contributed by atoms with van der Waals surface area (Å²) in [6, 6.07) is 25.2. The third-order valence-corrected chi connectivity index (χ3v) is 6.78. The van der Waals surface area contributed by atoms with E-state index in [0.29, 0.717) is 34.0 Å². The maximum Gasteiger partial charge on any atom is 0.419 e. The fourth-order valence-corrected chi connectivity index (χ4v) is 5.22. The first-order chi connectivity index (χ1) is 18.5. The molecule has 3 aromatic carbocycles. The molecule has 5 aromatic rings. The quantitative estimate of drug-likeness (QED) is 0.247. The van der Waals surface area contributed by atoms with E-state index >= 15 is 0 Å². The standard InChI is InChI=1S/C29H28N4O5S/c1-29(2,3)38-28(34)32-24-16-9-8-11-20(24)17-25(32)26-19-30-27(37-26)31-21-12-10-15-23(18-21)33(39(4,35)36)22-13-6-5-7-14-22/h5-19H,1-4H3,(H,30,31). The van der Waals surface area contributed by atoms with Crippen molar-refractivity contribution < 1.29 is 22.4 Å². The van der Waals surface area contributed by atoms with E-state index < -0.39 is 21.7 Å². The Labute approximate surface area is 226 Å². The average Bonchev–Trinajstić information content (AvgIpc) is 3.48. The Morgan fingerprint density at radius 3 is 2.36 bits per heavy atom. The highest BCUT2D eigenvalue weighted by Crippen LogP contribution is 2.33. The summed E-state index contributed by atoms with van der Waals surface area (Å²) in [6.45, 7) is 5.43. The van der Waals surface area contributed by atoms with Gasteiger partial charge in [0.25, 0.3) is 6.01 Å². The molecule has 39 heavy (non-hydrogen) atoms. The first kappa shape index (κ1) is 26.1.